The number of amidine groups is 1. The van der Waals surface area contributed by atoms with Crippen LogP contribution in [-0.2, 0) is 14.3 Å². The summed E-state index contributed by atoms with van der Waals surface area (Å²) in [5.41, 5.74) is 2.62. The van der Waals surface area contributed by atoms with Crippen molar-refractivity contribution in [1.82, 2.24) is 10.7 Å². The Morgan fingerprint density at radius 1 is 1.56 bits per heavy atom. The first-order valence-electron chi connectivity index (χ1n) is 4.85. The summed E-state index contributed by atoms with van der Waals surface area (Å²) in [5, 5.41) is 7.39. The largest absolute Gasteiger partial charge is 0.463 e. The van der Waals surface area contributed by atoms with Crippen LogP contribution in [0.4, 0.5) is 0 Å². The van der Waals surface area contributed by atoms with Crippen molar-refractivity contribution in [1.29, 1.82) is 0 Å². The molecule has 0 fully saturated rings. The number of nitrogens with one attached hydrogen (secondary N) is 2. The quantitative estimate of drug-likeness (QED) is 0.558. The summed E-state index contributed by atoms with van der Waals surface area (Å²) in [5.74, 6) is -0.554. The van der Waals surface area contributed by atoms with Gasteiger partial charge in [0, 0.05) is 6.42 Å². The van der Waals surface area contributed by atoms with E-state index in [4.69, 9.17) is 4.74 Å². The number of hydrazone groups is 1. The van der Waals surface area contributed by atoms with Crippen molar-refractivity contribution in [2.45, 2.75) is 20.3 Å². The van der Waals surface area contributed by atoms with Gasteiger partial charge in [-0.3, -0.25) is 10.2 Å². The summed E-state index contributed by atoms with van der Waals surface area (Å²) in [6.45, 7) is 3.81. The van der Waals surface area contributed by atoms with Crippen molar-refractivity contribution in [3.63, 3.8) is 0 Å². The molecule has 0 atom stereocenters. The first-order valence-corrected chi connectivity index (χ1v) is 5.67. The molecule has 0 aromatic rings. The zero-order chi connectivity index (χ0) is 12.0. The molecule has 1 amide bonds. The van der Waals surface area contributed by atoms with Crippen molar-refractivity contribution >= 4 is 28.8 Å². The fourth-order valence-corrected chi connectivity index (χ4v) is 1.58. The molecule has 0 radical (unpaired) electrons. The van der Waals surface area contributed by atoms with Crippen molar-refractivity contribution in [2.24, 2.45) is 5.10 Å². The van der Waals surface area contributed by atoms with Crippen LogP contribution < -0.4 is 10.7 Å². The van der Waals surface area contributed by atoms with Gasteiger partial charge in [0.1, 0.15) is 5.03 Å². The highest BCUT2D eigenvalue weighted by Gasteiger charge is 2.15. The summed E-state index contributed by atoms with van der Waals surface area (Å²) in [6, 6.07) is 0. The molecule has 1 aliphatic heterocycles. The van der Waals surface area contributed by atoms with Gasteiger partial charge in [-0.15, -0.1) is 5.10 Å². The Labute approximate surface area is 97.5 Å². The Kier molecular flexibility index (Phi) is 4.84. The van der Waals surface area contributed by atoms with Gasteiger partial charge in [0.25, 0.3) is 0 Å². The van der Waals surface area contributed by atoms with Crippen molar-refractivity contribution in [3.8, 4) is 0 Å². The van der Waals surface area contributed by atoms with Gasteiger partial charge in [-0.1, -0.05) is 6.92 Å². The van der Waals surface area contributed by atoms with E-state index in [1.165, 1.54) is 17.8 Å². The Bertz CT molecular complexity index is 352. The fraction of sp³-hybridized carbons (Fsp3) is 0.444. The number of carbonyl (C=O) groups excluding carboxylic acids is 2. The molecule has 1 rings (SSSR count). The van der Waals surface area contributed by atoms with Crippen LogP contribution in [0.1, 0.15) is 20.3 Å². The maximum absolute atomic E-state index is 11.1. The highest BCUT2D eigenvalue weighted by atomic mass is 32.2. The van der Waals surface area contributed by atoms with Crippen LogP contribution in [0.25, 0.3) is 0 Å². The normalized spacial score (nSPS) is 16.6. The highest BCUT2D eigenvalue weighted by molar-refractivity contribution is 8.17. The first-order chi connectivity index (χ1) is 7.65. The van der Waals surface area contributed by atoms with Crippen LogP contribution in [0.15, 0.2) is 16.2 Å². The number of thioether (sulfide) groups is 1. The summed E-state index contributed by atoms with van der Waals surface area (Å²) in [4.78, 5) is 22.1. The van der Waals surface area contributed by atoms with Crippen molar-refractivity contribution in [3.05, 3.63) is 11.1 Å². The van der Waals surface area contributed by atoms with Gasteiger partial charge in [0.15, 0.2) is 5.17 Å². The van der Waals surface area contributed by atoms with E-state index in [0.717, 1.165) is 0 Å². The van der Waals surface area contributed by atoms with Crippen LogP contribution in [0.5, 0.6) is 0 Å². The van der Waals surface area contributed by atoms with E-state index in [0.29, 0.717) is 23.2 Å². The molecule has 7 heteroatoms. The number of hydrogen-bond acceptors (Lipinski definition) is 6. The number of amides is 1. The third kappa shape index (κ3) is 3.93. The Morgan fingerprint density at radius 3 is 2.94 bits per heavy atom. The topological polar surface area (TPSA) is 79.8 Å². The molecule has 1 heterocycles. The number of rotatable bonds is 3. The van der Waals surface area contributed by atoms with Crippen LogP contribution in [0.3, 0.4) is 0 Å². The second kappa shape index (κ2) is 6.16. The smallest absolute Gasteiger partial charge is 0.333 e. The van der Waals surface area contributed by atoms with E-state index in [1.54, 1.807) is 13.8 Å². The SMILES string of the molecule is CCOC(=O)/C=C1/NN=C(NC(=O)CC)S1. The van der Waals surface area contributed by atoms with Gasteiger partial charge in [0.2, 0.25) is 5.91 Å². The lowest BCUT2D eigenvalue weighted by molar-refractivity contribution is -0.137. The average Bonchev–Trinajstić information content (AvgIpc) is 2.65. The molecule has 88 valence electrons. The molecule has 0 bridgehead atoms. The first kappa shape index (κ1) is 12.6. The monoisotopic (exact) mass is 243 g/mol. The molecule has 2 N–H and O–H groups in total. The molecule has 0 aliphatic carbocycles. The zero-order valence-corrected chi connectivity index (χ0v) is 9.89. The molecule has 0 aromatic carbocycles. The van der Waals surface area contributed by atoms with Crippen LogP contribution in [0, 0.1) is 0 Å². The van der Waals surface area contributed by atoms with E-state index < -0.39 is 5.97 Å². The summed E-state index contributed by atoms with van der Waals surface area (Å²) in [7, 11) is 0. The number of ether oxygens (including phenoxy) is 1. The predicted molar refractivity (Wildman–Crippen MR) is 61.3 cm³/mol. The van der Waals surface area contributed by atoms with E-state index in [1.807, 2.05) is 0 Å². The number of carbonyl (C=O) groups is 2. The average molecular weight is 243 g/mol. The van der Waals surface area contributed by atoms with Gasteiger partial charge in [-0.05, 0) is 18.7 Å². The number of esters is 1. The second-order valence-electron chi connectivity index (χ2n) is 2.79. The van der Waals surface area contributed by atoms with Crippen LogP contribution >= 0.6 is 11.8 Å². The summed E-state index contributed by atoms with van der Waals surface area (Å²) < 4.78 is 4.73. The molecule has 16 heavy (non-hydrogen) atoms. The third-order valence-corrected chi connectivity index (χ3v) is 2.39. The Hall–Kier alpha value is -1.50. The lowest BCUT2D eigenvalue weighted by Crippen LogP contribution is -2.26. The van der Waals surface area contributed by atoms with Gasteiger partial charge in [-0.25, -0.2) is 4.79 Å². The minimum absolute atomic E-state index is 0.120. The summed E-state index contributed by atoms with van der Waals surface area (Å²) in [6.07, 6.45) is 1.68. The van der Waals surface area contributed by atoms with Gasteiger partial charge in [0.05, 0.1) is 12.7 Å². The molecular weight excluding hydrogens is 230 g/mol. The van der Waals surface area contributed by atoms with Crippen molar-refractivity contribution in [2.75, 3.05) is 6.61 Å². The van der Waals surface area contributed by atoms with E-state index >= 15 is 0 Å². The predicted octanol–water partition coefficient (Wildman–Crippen LogP) is 0.524. The van der Waals surface area contributed by atoms with E-state index in [2.05, 4.69) is 15.8 Å². The van der Waals surface area contributed by atoms with Gasteiger partial charge >= 0.3 is 5.97 Å². The molecule has 6 nitrogen and oxygen atoms in total. The maximum atomic E-state index is 11.1. The van der Waals surface area contributed by atoms with E-state index in [9.17, 15) is 9.59 Å². The second-order valence-corrected chi connectivity index (χ2v) is 3.82. The lowest BCUT2D eigenvalue weighted by Gasteiger charge is -1.99. The number of nitrogens with zero attached hydrogens (tertiary/aromatic N) is 1. The molecule has 0 saturated heterocycles. The molecular formula is C9H13N3O3S. The maximum Gasteiger partial charge on any atom is 0.333 e. The van der Waals surface area contributed by atoms with Gasteiger partial charge < -0.3 is 10.1 Å². The number of hydrogen-bond donors (Lipinski definition) is 2. The Balaban J connectivity index is 2.44. The minimum atomic E-state index is -0.434. The highest BCUT2D eigenvalue weighted by Crippen LogP contribution is 2.19. The standard InChI is InChI=1S/C9H13N3O3S/c1-3-6(13)10-9-12-11-7(16-9)5-8(14)15-4-2/h5,11H,3-4H2,1-2H3,(H,10,12,13)/b7-5-. The fourth-order valence-electron chi connectivity index (χ4n) is 0.869. The minimum Gasteiger partial charge on any atom is -0.463 e. The van der Waals surface area contributed by atoms with Crippen molar-refractivity contribution < 1.29 is 14.3 Å². The molecule has 1 aliphatic rings. The molecule has 0 unspecified atom stereocenters. The Morgan fingerprint density at radius 2 is 2.31 bits per heavy atom. The van der Waals surface area contributed by atoms with Gasteiger partial charge in [-0.2, -0.15) is 0 Å². The van der Waals surface area contributed by atoms with E-state index in [-0.39, 0.29) is 5.91 Å². The van der Waals surface area contributed by atoms with Crippen LogP contribution in [0.2, 0.25) is 0 Å². The summed E-state index contributed by atoms with van der Waals surface area (Å²) >= 11 is 1.18. The van der Waals surface area contributed by atoms with Crippen LogP contribution in [-0.4, -0.2) is 23.7 Å². The molecule has 0 saturated carbocycles. The molecule has 0 aromatic heterocycles. The lowest BCUT2D eigenvalue weighted by atomic mass is 10.5. The zero-order valence-electron chi connectivity index (χ0n) is 9.07. The molecule has 0 spiro atoms. The third-order valence-electron chi connectivity index (χ3n) is 1.58.